The number of hydrogen-bond acceptors (Lipinski definition) is 8. The summed E-state index contributed by atoms with van der Waals surface area (Å²) in [4.78, 5) is 5.18. The van der Waals surface area contributed by atoms with E-state index in [1.807, 2.05) is 16.8 Å². The monoisotopic (exact) mass is 456 g/mol. The van der Waals surface area contributed by atoms with Crippen LogP contribution in [0.15, 0.2) is 18.2 Å². The molecule has 2 saturated heterocycles. The van der Waals surface area contributed by atoms with E-state index in [2.05, 4.69) is 31.4 Å². The van der Waals surface area contributed by atoms with Crippen molar-refractivity contribution in [2.75, 3.05) is 47.0 Å². The highest BCUT2D eigenvalue weighted by Gasteiger charge is 2.35. The molecule has 1 aromatic heterocycles. The van der Waals surface area contributed by atoms with Crippen LogP contribution >= 0.6 is 0 Å². The van der Waals surface area contributed by atoms with E-state index in [0.29, 0.717) is 6.54 Å². The first-order chi connectivity index (χ1) is 16.3. The van der Waals surface area contributed by atoms with Gasteiger partial charge in [0.05, 0.1) is 26.9 Å². The van der Waals surface area contributed by atoms with Crippen LogP contribution in [0.1, 0.15) is 56.0 Å². The lowest BCUT2D eigenvalue weighted by Crippen LogP contribution is -2.51. The molecule has 0 bridgehead atoms. The standard InChI is InChI=1S/C24H36N6O3/c1-31-19-9-10-22(32-2)21(16-19)23(24-25-26-27-30(24)17-20-8-5-15-33-20)29-13-11-28(12-14-29)18-6-3-4-7-18/h9-10,16,18,20,23H,3-8,11-15,17H2,1-2H3/t20-,23-/m0/s1. The number of nitrogens with zero attached hydrogens (tertiary/aromatic N) is 6. The van der Waals surface area contributed by atoms with E-state index in [9.17, 15) is 0 Å². The van der Waals surface area contributed by atoms with Gasteiger partial charge in [0.1, 0.15) is 17.5 Å². The van der Waals surface area contributed by atoms with Crippen molar-refractivity contribution in [1.82, 2.24) is 30.0 Å². The maximum absolute atomic E-state index is 5.88. The van der Waals surface area contributed by atoms with E-state index in [-0.39, 0.29) is 12.1 Å². The highest BCUT2D eigenvalue weighted by Crippen LogP contribution is 2.37. The summed E-state index contributed by atoms with van der Waals surface area (Å²) in [7, 11) is 3.41. The second kappa shape index (κ2) is 10.4. The number of piperazine rings is 1. The van der Waals surface area contributed by atoms with Gasteiger partial charge in [0.2, 0.25) is 0 Å². The van der Waals surface area contributed by atoms with Crippen molar-refractivity contribution < 1.29 is 14.2 Å². The van der Waals surface area contributed by atoms with Gasteiger partial charge < -0.3 is 14.2 Å². The van der Waals surface area contributed by atoms with Gasteiger partial charge in [-0.1, -0.05) is 12.8 Å². The average Bonchev–Trinajstić information content (AvgIpc) is 3.64. The van der Waals surface area contributed by atoms with Crippen LogP contribution in [-0.4, -0.2) is 89.2 Å². The molecule has 2 aromatic rings. The number of methoxy groups -OCH3 is 2. The SMILES string of the molecule is COc1ccc(OC)c([C@@H](c2nnnn2C[C@@H]2CCCO2)N2CCN(C3CCCC3)CC2)c1. The minimum absolute atomic E-state index is 0.114. The van der Waals surface area contributed by atoms with E-state index >= 15 is 0 Å². The maximum atomic E-state index is 5.88. The molecule has 1 aromatic carbocycles. The van der Waals surface area contributed by atoms with Crippen LogP contribution in [0.25, 0.3) is 0 Å². The second-order valence-electron chi connectivity index (χ2n) is 9.37. The van der Waals surface area contributed by atoms with Crippen molar-refractivity contribution in [3.05, 3.63) is 29.6 Å². The Morgan fingerprint density at radius 2 is 1.85 bits per heavy atom. The molecular formula is C24H36N6O3. The fourth-order valence-corrected chi connectivity index (χ4v) is 5.70. The van der Waals surface area contributed by atoms with Crippen molar-refractivity contribution in [2.45, 2.75) is 63.3 Å². The molecule has 0 amide bonds. The van der Waals surface area contributed by atoms with Gasteiger partial charge >= 0.3 is 0 Å². The summed E-state index contributed by atoms with van der Waals surface area (Å²) in [6, 6.07) is 6.62. The number of rotatable bonds is 8. The molecule has 1 aliphatic carbocycles. The molecule has 2 atom stereocenters. The molecule has 3 aliphatic rings. The van der Waals surface area contributed by atoms with Crippen molar-refractivity contribution in [1.29, 1.82) is 0 Å². The Morgan fingerprint density at radius 1 is 1.03 bits per heavy atom. The molecule has 0 spiro atoms. The Balaban J connectivity index is 1.45. The van der Waals surface area contributed by atoms with Crippen LogP contribution in [0, 0.1) is 0 Å². The van der Waals surface area contributed by atoms with Crippen molar-refractivity contribution in [3.63, 3.8) is 0 Å². The predicted molar refractivity (Wildman–Crippen MR) is 124 cm³/mol. The zero-order valence-corrected chi connectivity index (χ0v) is 19.9. The third-order valence-corrected chi connectivity index (χ3v) is 7.49. The molecule has 33 heavy (non-hydrogen) atoms. The summed E-state index contributed by atoms with van der Waals surface area (Å²) in [6.45, 7) is 5.57. The number of aromatic nitrogens is 4. The van der Waals surface area contributed by atoms with Crippen LogP contribution in [0.5, 0.6) is 11.5 Å². The quantitative estimate of drug-likeness (QED) is 0.600. The normalized spacial score (nSPS) is 23.8. The highest BCUT2D eigenvalue weighted by molar-refractivity contribution is 5.44. The van der Waals surface area contributed by atoms with E-state index in [0.717, 1.165) is 74.6 Å². The summed E-state index contributed by atoms with van der Waals surface area (Å²) in [6.07, 6.45) is 7.73. The molecule has 3 fully saturated rings. The molecule has 180 valence electrons. The van der Waals surface area contributed by atoms with Crippen molar-refractivity contribution in [2.24, 2.45) is 0 Å². The third kappa shape index (κ3) is 4.85. The predicted octanol–water partition coefficient (Wildman–Crippen LogP) is 2.52. The molecular weight excluding hydrogens is 420 g/mol. The van der Waals surface area contributed by atoms with E-state index in [1.165, 1.54) is 25.7 Å². The third-order valence-electron chi connectivity index (χ3n) is 7.49. The van der Waals surface area contributed by atoms with Crippen molar-refractivity contribution >= 4 is 0 Å². The highest BCUT2D eigenvalue weighted by atomic mass is 16.5. The fourth-order valence-electron chi connectivity index (χ4n) is 5.70. The van der Waals surface area contributed by atoms with Gasteiger partial charge in [-0.05, 0) is 54.3 Å². The van der Waals surface area contributed by atoms with Gasteiger partial charge in [0, 0.05) is 44.4 Å². The smallest absolute Gasteiger partial charge is 0.173 e. The van der Waals surface area contributed by atoms with Crippen LogP contribution in [0.3, 0.4) is 0 Å². The Morgan fingerprint density at radius 3 is 2.55 bits per heavy atom. The topological polar surface area (TPSA) is 77.8 Å². The zero-order valence-electron chi connectivity index (χ0n) is 19.9. The number of tetrazole rings is 1. The minimum atomic E-state index is -0.114. The van der Waals surface area contributed by atoms with Gasteiger partial charge in [-0.3, -0.25) is 9.80 Å². The van der Waals surface area contributed by atoms with E-state index in [1.54, 1.807) is 14.2 Å². The number of ether oxygens (including phenoxy) is 3. The lowest BCUT2D eigenvalue weighted by atomic mass is 10.0. The molecule has 0 N–H and O–H groups in total. The fraction of sp³-hybridized carbons (Fsp3) is 0.708. The van der Waals surface area contributed by atoms with Gasteiger partial charge in [-0.2, -0.15) is 0 Å². The van der Waals surface area contributed by atoms with Gasteiger partial charge in [-0.15, -0.1) is 5.10 Å². The van der Waals surface area contributed by atoms with Crippen molar-refractivity contribution in [3.8, 4) is 11.5 Å². The lowest BCUT2D eigenvalue weighted by molar-refractivity contribution is 0.0714. The number of hydrogen-bond donors (Lipinski definition) is 0. The second-order valence-corrected chi connectivity index (χ2v) is 9.37. The first-order valence-corrected chi connectivity index (χ1v) is 12.3. The van der Waals surface area contributed by atoms with Gasteiger partial charge in [0.25, 0.3) is 0 Å². The molecule has 1 saturated carbocycles. The first kappa shape index (κ1) is 22.6. The Bertz CT molecular complexity index is 901. The summed E-state index contributed by atoms with van der Waals surface area (Å²) in [5, 5.41) is 13.0. The molecule has 9 nitrogen and oxygen atoms in total. The van der Waals surface area contributed by atoms with Crippen LogP contribution < -0.4 is 9.47 Å². The Kier molecular flexibility index (Phi) is 7.08. The molecule has 2 aliphatic heterocycles. The molecule has 9 heteroatoms. The van der Waals surface area contributed by atoms with Crippen LogP contribution in [-0.2, 0) is 11.3 Å². The summed E-state index contributed by atoms with van der Waals surface area (Å²) < 4.78 is 19.2. The van der Waals surface area contributed by atoms with Crippen LogP contribution in [0.4, 0.5) is 0 Å². The largest absolute Gasteiger partial charge is 0.497 e. The maximum Gasteiger partial charge on any atom is 0.173 e. The summed E-state index contributed by atoms with van der Waals surface area (Å²) >= 11 is 0. The summed E-state index contributed by atoms with van der Waals surface area (Å²) in [5.41, 5.74) is 1.04. The van der Waals surface area contributed by atoms with Gasteiger partial charge in [0.15, 0.2) is 5.82 Å². The average molecular weight is 457 g/mol. The van der Waals surface area contributed by atoms with E-state index < -0.39 is 0 Å². The first-order valence-electron chi connectivity index (χ1n) is 12.3. The minimum Gasteiger partial charge on any atom is -0.497 e. The molecule has 5 rings (SSSR count). The van der Waals surface area contributed by atoms with Crippen LogP contribution in [0.2, 0.25) is 0 Å². The summed E-state index contributed by atoms with van der Waals surface area (Å²) in [5.74, 6) is 2.47. The van der Waals surface area contributed by atoms with Gasteiger partial charge in [-0.25, -0.2) is 4.68 Å². The molecule has 3 heterocycles. The zero-order chi connectivity index (χ0) is 22.6. The Labute approximate surface area is 196 Å². The molecule has 0 radical (unpaired) electrons. The number of benzene rings is 1. The lowest BCUT2D eigenvalue weighted by Gasteiger charge is -2.41. The van der Waals surface area contributed by atoms with E-state index in [4.69, 9.17) is 14.2 Å². The molecule has 0 unspecified atom stereocenters. The Hall–Kier alpha value is -2.23.